The average molecular weight is 481 g/mol. The van der Waals surface area contributed by atoms with Gasteiger partial charge in [-0.3, -0.25) is 4.79 Å². The van der Waals surface area contributed by atoms with Crippen LogP contribution in [0.3, 0.4) is 0 Å². The van der Waals surface area contributed by atoms with Crippen LogP contribution in [-0.4, -0.2) is 37.7 Å². The zero-order chi connectivity index (χ0) is 24.9. The summed E-state index contributed by atoms with van der Waals surface area (Å²) < 4.78 is 12.6. The molecule has 0 aromatic rings. The molecule has 0 saturated heterocycles. The van der Waals surface area contributed by atoms with Crippen molar-refractivity contribution < 1.29 is 19.1 Å². The van der Waals surface area contributed by atoms with Crippen LogP contribution in [-0.2, 0) is 14.0 Å². The quantitative estimate of drug-likeness (QED) is 0.282. The van der Waals surface area contributed by atoms with Crippen LogP contribution in [0.4, 0.5) is 0 Å². The number of ether oxygens (including phenoxy) is 1. The smallest absolute Gasteiger partial charge is 0.309 e. The molecule has 3 saturated carbocycles. The van der Waals surface area contributed by atoms with Crippen molar-refractivity contribution >= 4 is 14.3 Å². The summed E-state index contributed by atoms with van der Waals surface area (Å²) in [6.07, 6.45) is 10.2. The van der Waals surface area contributed by atoms with Crippen LogP contribution >= 0.6 is 0 Å². The Bertz CT molecular complexity index is 706. The Balaban J connectivity index is 1.82. The van der Waals surface area contributed by atoms with Crippen LogP contribution in [0.5, 0.6) is 0 Å². The number of rotatable bonds is 9. The fraction of sp³-hybridized carbons (Fsp3) is 0.964. The van der Waals surface area contributed by atoms with E-state index in [4.69, 9.17) is 9.16 Å². The predicted molar refractivity (Wildman–Crippen MR) is 138 cm³/mol. The number of hydrogen-bond acceptors (Lipinski definition) is 4. The normalized spacial score (nSPS) is 37.0. The Morgan fingerprint density at radius 1 is 1.12 bits per heavy atom. The zero-order valence-corrected chi connectivity index (χ0v) is 24.1. The molecule has 0 heterocycles. The number of carbonyl (C=O) groups is 1. The van der Waals surface area contributed by atoms with Crippen molar-refractivity contribution in [3.05, 3.63) is 0 Å². The van der Waals surface area contributed by atoms with Gasteiger partial charge < -0.3 is 14.3 Å². The number of esters is 1. The van der Waals surface area contributed by atoms with E-state index in [0.29, 0.717) is 24.5 Å². The van der Waals surface area contributed by atoms with E-state index in [1.807, 2.05) is 20.8 Å². The molecule has 0 bridgehead atoms. The highest BCUT2D eigenvalue weighted by Gasteiger charge is 2.69. The molecule has 0 amide bonds. The summed E-state index contributed by atoms with van der Waals surface area (Å²) in [7, 11) is -1.82. The molecule has 0 aromatic heterocycles. The maximum absolute atomic E-state index is 12.9. The maximum Gasteiger partial charge on any atom is 0.309 e. The minimum absolute atomic E-state index is 0.0118. The molecule has 1 N–H and O–H groups in total. The van der Waals surface area contributed by atoms with Crippen LogP contribution in [0.25, 0.3) is 0 Å². The lowest BCUT2D eigenvalue weighted by molar-refractivity contribution is -0.146. The third-order valence-corrected chi connectivity index (χ3v) is 14.6. The fourth-order valence-corrected chi connectivity index (χ4v) is 8.72. The largest absolute Gasteiger partial charge is 0.466 e. The lowest BCUT2D eigenvalue weighted by Gasteiger charge is -2.50. The zero-order valence-electron chi connectivity index (χ0n) is 23.1. The molecule has 3 aliphatic carbocycles. The first-order valence-electron chi connectivity index (χ1n) is 13.6. The average Bonchev–Trinajstić information content (AvgIpc) is 3.25. The molecule has 5 heteroatoms. The number of carbonyl (C=O) groups excluding carboxylic acids is 1. The Hall–Kier alpha value is -0.393. The van der Waals surface area contributed by atoms with Crippen LogP contribution in [0, 0.1) is 28.6 Å². The van der Waals surface area contributed by atoms with Gasteiger partial charge in [-0.2, -0.15) is 0 Å². The van der Waals surface area contributed by atoms with E-state index in [0.717, 1.165) is 25.7 Å². The third-order valence-electron chi connectivity index (χ3n) is 10.1. The first-order valence-corrected chi connectivity index (χ1v) is 16.5. The summed E-state index contributed by atoms with van der Waals surface area (Å²) in [6, 6.07) is 0. The van der Waals surface area contributed by atoms with Crippen molar-refractivity contribution in [3.8, 4) is 0 Å². The van der Waals surface area contributed by atoms with Crippen LogP contribution in [0.2, 0.25) is 18.1 Å². The van der Waals surface area contributed by atoms with E-state index in [2.05, 4.69) is 40.8 Å². The Morgan fingerprint density at radius 3 is 2.36 bits per heavy atom. The van der Waals surface area contributed by atoms with Gasteiger partial charge in [0, 0.05) is 6.10 Å². The molecular weight excluding hydrogens is 428 g/mol. The molecule has 4 nitrogen and oxygen atoms in total. The summed E-state index contributed by atoms with van der Waals surface area (Å²) >= 11 is 0. The molecule has 0 radical (unpaired) electrons. The van der Waals surface area contributed by atoms with Gasteiger partial charge in [0.2, 0.25) is 0 Å². The van der Waals surface area contributed by atoms with Crippen molar-refractivity contribution in [1.82, 2.24) is 0 Å². The first-order chi connectivity index (χ1) is 15.1. The molecule has 0 aromatic carbocycles. The van der Waals surface area contributed by atoms with Crippen molar-refractivity contribution in [2.75, 3.05) is 6.61 Å². The van der Waals surface area contributed by atoms with E-state index >= 15 is 0 Å². The highest BCUT2D eigenvalue weighted by Crippen LogP contribution is 2.72. The van der Waals surface area contributed by atoms with Crippen molar-refractivity contribution in [2.24, 2.45) is 28.6 Å². The summed E-state index contributed by atoms with van der Waals surface area (Å²) in [5.74, 6) is 1.20. The minimum atomic E-state index is -1.82. The predicted octanol–water partition coefficient (Wildman–Crippen LogP) is 7.10. The minimum Gasteiger partial charge on any atom is -0.466 e. The second-order valence-corrected chi connectivity index (χ2v) is 18.7. The summed E-state index contributed by atoms with van der Waals surface area (Å²) in [5, 5.41) is 10.5. The van der Waals surface area contributed by atoms with Gasteiger partial charge in [-0.05, 0) is 107 Å². The summed E-state index contributed by atoms with van der Waals surface area (Å²) in [6.45, 7) is 20.5. The van der Waals surface area contributed by atoms with Gasteiger partial charge in [-0.25, -0.2) is 0 Å². The van der Waals surface area contributed by atoms with Gasteiger partial charge >= 0.3 is 5.97 Å². The molecule has 3 fully saturated rings. The lowest BCUT2D eigenvalue weighted by atomic mass is 9.59. The van der Waals surface area contributed by atoms with Crippen molar-refractivity contribution in [3.63, 3.8) is 0 Å². The van der Waals surface area contributed by atoms with Gasteiger partial charge in [0.15, 0.2) is 8.32 Å². The van der Waals surface area contributed by atoms with Gasteiger partial charge in [-0.15, -0.1) is 0 Å². The highest BCUT2D eigenvalue weighted by molar-refractivity contribution is 6.74. The molecule has 192 valence electrons. The van der Waals surface area contributed by atoms with E-state index in [-0.39, 0.29) is 27.8 Å². The second kappa shape index (κ2) is 9.24. The Labute approximate surface area is 204 Å². The van der Waals surface area contributed by atoms with Gasteiger partial charge in [0.1, 0.15) is 0 Å². The molecule has 6 atom stereocenters. The van der Waals surface area contributed by atoms with Crippen molar-refractivity contribution in [2.45, 2.75) is 136 Å². The first kappa shape index (κ1) is 27.2. The third kappa shape index (κ3) is 5.40. The van der Waals surface area contributed by atoms with E-state index in [1.165, 1.54) is 32.1 Å². The van der Waals surface area contributed by atoms with Crippen LogP contribution in [0.15, 0.2) is 0 Å². The SMILES string of the molecule is CCOC(=O)C1CC1(CCCC(C)(C)O)C1CCC2[C@@H](O[Si](C)(C)C(C)(C)C)CCC[C@@]21C. The lowest BCUT2D eigenvalue weighted by Crippen LogP contribution is -2.50. The highest BCUT2D eigenvalue weighted by atomic mass is 28.4. The van der Waals surface area contributed by atoms with Gasteiger partial charge in [-0.1, -0.05) is 40.5 Å². The van der Waals surface area contributed by atoms with Crippen molar-refractivity contribution in [1.29, 1.82) is 0 Å². The topological polar surface area (TPSA) is 55.8 Å². The maximum atomic E-state index is 12.9. The number of aliphatic hydroxyl groups is 1. The molecule has 3 rings (SSSR count). The molecule has 3 aliphatic rings. The molecule has 0 spiro atoms. The number of fused-ring (bicyclic) bond motifs is 1. The van der Waals surface area contributed by atoms with Gasteiger partial charge in [0.25, 0.3) is 0 Å². The molecular formula is C28H52O4Si. The molecule has 4 unspecified atom stereocenters. The molecule has 0 aliphatic heterocycles. The van der Waals surface area contributed by atoms with E-state index in [1.54, 1.807) is 0 Å². The Kier molecular flexibility index (Phi) is 7.62. The second-order valence-electron chi connectivity index (χ2n) is 14.0. The van der Waals surface area contributed by atoms with Crippen LogP contribution in [0.1, 0.15) is 106 Å². The van der Waals surface area contributed by atoms with Gasteiger partial charge in [0.05, 0.1) is 18.1 Å². The number of hydrogen-bond donors (Lipinski definition) is 1. The summed E-state index contributed by atoms with van der Waals surface area (Å²) in [4.78, 5) is 12.9. The van der Waals surface area contributed by atoms with E-state index < -0.39 is 13.9 Å². The summed E-state index contributed by atoms with van der Waals surface area (Å²) in [5.41, 5.74) is -0.355. The fourth-order valence-electron chi connectivity index (χ4n) is 7.33. The monoisotopic (exact) mass is 480 g/mol. The van der Waals surface area contributed by atoms with E-state index in [9.17, 15) is 9.90 Å². The Morgan fingerprint density at radius 2 is 1.79 bits per heavy atom. The van der Waals surface area contributed by atoms with Crippen LogP contribution < -0.4 is 0 Å². The molecule has 33 heavy (non-hydrogen) atoms. The standard InChI is InChI=1S/C28H52O4Si/c1-10-31-24(29)21-19-28(21,18-12-16-26(5,6)30)23-15-14-20-22(13-11-17-27(20,23)7)32-33(8,9)25(2,3)4/h20-23,30H,10-19H2,1-9H3/t20?,21?,22-,23?,27-,28?/m0/s1.